The van der Waals surface area contributed by atoms with Crippen molar-refractivity contribution in [3.63, 3.8) is 0 Å². The molecule has 0 aliphatic rings. The van der Waals surface area contributed by atoms with Gasteiger partial charge in [-0.05, 0) is 25.6 Å². The maximum absolute atomic E-state index is 11.8. The molecule has 0 fully saturated rings. The molecule has 2 N–H and O–H groups in total. The Kier molecular flexibility index (Phi) is 4.52. The van der Waals surface area contributed by atoms with Crippen molar-refractivity contribution in [1.82, 2.24) is 20.0 Å². The lowest BCUT2D eigenvalue weighted by Crippen LogP contribution is -2.39. The third-order valence-electron chi connectivity index (χ3n) is 2.91. The highest BCUT2D eigenvalue weighted by molar-refractivity contribution is 5.78. The molecule has 19 heavy (non-hydrogen) atoms. The van der Waals surface area contributed by atoms with E-state index in [9.17, 15) is 4.79 Å². The number of carbonyl (C=O) groups is 1. The van der Waals surface area contributed by atoms with E-state index in [4.69, 9.17) is 0 Å². The fraction of sp³-hybridized carbons (Fsp3) is 0.429. The highest BCUT2D eigenvalue weighted by Gasteiger charge is 2.08. The van der Waals surface area contributed by atoms with Crippen LogP contribution in [0.4, 0.5) is 0 Å². The molecule has 2 rings (SSSR count). The molecule has 2 heterocycles. The van der Waals surface area contributed by atoms with Gasteiger partial charge in [0.05, 0.1) is 12.1 Å². The number of hydrogen-bond acceptors (Lipinski definition) is 3. The minimum absolute atomic E-state index is 0.00755. The Labute approximate surface area is 113 Å². The lowest BCUT2D eigenvalue weighted by molar-refractivity contribution is -0.120. The van der Waals surface area contributed by atoms with Crippen LogP contribution in [0.3, 0.4) is 0 Å². The van der Waals surface area contributed by atoms with Crippen LogP contribution in [0.5, 0.6) is 0 Å². The van der Waals surface area contributed by atoms with Gasteiger partial charge in [-0.25, -0.2) is 4.98 Å². The number of pyridine rings is 1. The van der Waals surface area contributed by atoms with Crippen LogP contribution in [-0.4, -0.2) is 34.4 Å². The lowest BCUT2D eigenvalue weighted by atomic mass is 10.3. The Morgan fingerprint density at radius 3 is 3.05 bits per heavy atom. The normalized spacial score (nSPS) is 12.5. The summed E-state index contributed by atoms with van der Waals surface area (Å²) in [6.45, 7) is 5.65. The molecule has 5 heteroatoms. The Balaban J connectivity index is 1.88. The molecule has 2 aromatic rings. The molecule has 0 aromatic carbocycles. The first-order valence-corrected chi connectivity index (χ1v) is 6.61. The quantitative estimate of drug-likeness (QED) is 0.814. The van der Waals surface area contributed by atoms with Gasteiger partial charge in [0.15, 0.2) is 0 Å². The highest BCUT2D eigenvalue weighted by Crippen LogP contribution is 2.04. The van der Waals surface area contributed by atoms with Crippen LogP contribution in [-0.2, 0) is 11.2 Å². The molecule has 102 valence electrons. The number of carbonyl (C=O) groups excluding carboxylic acids is 1. The number of likely N-dealkylation sites (N-methyl/N-ethyl adjacent to an activating group) is 1. The number of fused-ring (bicyclic) bond motifs is 1. The Morgan fingerprint density at radius 2 is 2.32 bits per heavy atom. The van der Waals surface area contributed by atoms with E-state index in [0.717, 1.165) is 17.9 Å². The number of amides is 1. The van der Waals surface area contributed by atoms with E-state index in [-0.39, 0.29) is 11.9 Å². The van der Waals surface area contributed by atoms with Crippen molar-refractivity contribution in [2.45, 2.75) is 26.3 Å². The van der Waals surface area contributed by atoms with Crippen LogP contribution < -0.4 is 10.6 Å². The molecule has 0 spiro atoms. The van der Waals surface area contributed by atoms with Crippen molar-refractivity contribution >= 4 is 11.6 Å². The van der Waals surface area contributed by atoms with Crippen molar-refractivity contribution in [2.75, 3.05) is 13.1 Å². The van der Waals surface area contributed by atoms with E-state index < -0.39 is 0 Å². The first kappa shape index (κ1) is 13.5. The van der Waals surface area contributed by atoms with Gasteiger partial charge in [-0.3, -0.25) is 4.79 Å². The largest absolute Gasteiger partial charge is 0.354 e. The Bertz CT molecular complexity index is 516. The zero-order valence-electron chi connectivity index (χ0n) is 11.4. The van der Waals surface area contributed by atoms with Gasteiger partial charge in [-0.15, -0.1) is 0 Å². The molecular formula is C14H20N4O. The molecule has 1 amide bonds. The summed E-state index contributed by atoms with van der Waals surface area (Å²) in [4.78, 5) is 16.2. The Morgan fingerprint density at radius 1 is 1.47 bits per heavy atom. The topological polar surface area (TPSA) is 58.4 Å². The summed E-state index contributed by atoms with van der Waals surface area (Å²) >= 11 is 0. The summed E-state index contributed by atoms with van der Waals surface area (Å²) in [7, 11) is 0. The van der Waals surface area contributed by atoms with Gasteiger partial charge in [0.1, 0.15) is 5.65 Å². The fourth-order valence-electron chi connectivity index (χ4n) is 1.99. The number of rotatable bonds is 6. The molecule has 1 atom stereocenters. The first-order chi connectivity index (χ1) is 9.19. The third kappa shape index (κ3) is 3.79. The van der Waals surface area contributed by atoms with Crippen LogP contribution in [0.25, 0.3) is 5.65 Å². The summed E-state index contributed by atoms with van der Waals surface area (Å²) in [5, 5.41) is 6.16. The fourth-order valence-corrected chi connectivity index (χ4v) is 1.99. The molecule has 0 saturated carbocycles. The van der Waals surface area contributed by atoms with E-state index in [0.29, 0.717) is 13.0 Å². The maximum Gasteiger partial charge on any atom is 0.226 e. The zero-order valence-corrected chi connectivity index (χ0v) is 11.4. The van der Waals surface area contributed by atoms with Gasteiger partial charge < -0.3 is 15.0 Å². The van der Waals surface area contributed by atoms with Crippen LogP contribution >= 0.6 is 0 Å². The summed E-state index contributed by atoms with van der Waals surface area (Å²) < 4.78 is 1.92. The van der Waals surface area contributed by atoms with Crippen molar-refractivity contribution in [1.29, 1.82) is 0 Å². The number of nitrogens with one attached hydrogen (secondary N) is 2. The SMILES string of the molecule is CCN[C@H](C)CNC(=O)Cc1cn2ccccc2n1. The molecule has 0 aliphatic carbocycles. The second kappa shape index (κ2) is 6.33. The number of hydrogen-bond donors (Lipinski definition) is 2. The predicted octanol–water partition coefficient (Wildman–Crippen LogP) is 0.991. The maximum atomic E-state index is 11.8. The summed E-state index contributed by atoms with van der Waals surface area (Å²) in [5.41, 5.74) is 1.66. The van der Waals surface area contributed by atoms with E-state index in [1.165, 1.54) is 0 Å². The van der Waals surface area contributed by atoms with Gasteiger partial charge in [0.25, 0.3) is 0 Å². The van der Waals surface area contributed by atoms with Crippen LogP contribution in [0.2, 0.25) is 0 Å². The second-order valence-electron chi connectivity index (χ2n) is 4.64. The molecule has 0 radical (unpaired) electrons. The molecule has 0 unspecified atom stereocenters. The van der Waals surface area contributed by atoms with E-state index in [1.54, 1.807) is 0 Å². The monoisotopic (exact) mass is 260 g/mol. The summed E-state index contributed by atoms with van der Waals surface area (Å²) in [6, 6.07) is 6.09. The zero-order chi connectivity index (χ0) is 13.7. The average Bonchev–Trinajstić information content (AvgIpc) is 2.78. The average molecular weight is 260 g/mol. The number of aromatic nitrogens is 2. The number of imidazole rings is 1. The van der Waals surface area contributed by atoms with E-state index in [2.05, 4.69) is 29.5 Å². The van der Waals surface area contributed by atoms with Crippen molar-refractivity contribution in [3.05, 3.63) is 36.3 Å². The molecule has 5 nitrogen and oxygen atoms in total. The van der Waals surface area contributed by atoms with Gasteiger partial charge in [-0.1, -0.05) is 13.0 Å². The first-order valence-electron chi connectivity index (χ1n) is 6.61. The van der Waals surface area contributed by atoms with Gasteiger partial charge in [-0.2, -0.15) is 0 Å². The van der Waals surface area contributed by atoms with Crippen LogP contribution in [0, 0.1) is 0 Å². The summed E-state index contributed by atoms with van der Waals surface area (Å²) in [6.07, 6.45) is 4.14. The number of nitrogens with zero attached hydrogens (tertiary/aromatic N) is 2. The van der Waals surface area contributed by atoms with Crippen LogP contribution in [0.15, 0.2) is 30.6 Å². The molecule has 0 saturated heterocycles. The highest BCUT2D eigenvalue weighted by atomic mass is 16.1. The standard InChI is InChI=1S/C14H20N4O/c1-3-15-11(2)9-16-14(19)8-12-10-18-7-5-4-6-13(18)17-12/h4-7,10-11,15H,3,8-9H2,1-2H3,(H,16,19)/t11-/m1/s1. The molecule has 2 aromatic heterocycles. The van der Waals surface area contributed by atoms with Gasteiger partial charge in [0, 0.05) is 25.0 Å². The lowest BCUT2D eigenvalue weighted by Gasteiger charge is -2.12. The predicted molar refractivity (Wildman–Crippen MR) is 75.0 cm³/mol. The van der Waals surface area contributed by atoms with Crippen molar-refractivity contribution < 1.29 is 4.79 Å². The Hall–Kier alpha value is -1.88. The second-order valence-corrected chi connectivity index (χ2v) is 4.64. The smallest absolute Gasteiger partial charge is 0.226 e. The third-order valence-corrected chi connectivity index (χ3v) is 2.91. The van der Waals surface area contributed by atoms with Gasteiger partial charge in [0.2, 0.25) is 5.91 Å². The van der Waals surface area contributed by atoms with E-state index >= 15 is 0 Å². The minimum atomic E-state index is 0.00755. The van der Waals surface area contributed by atoms with Crippen molar-refractivity contribution in [3.8, 4) is 0 Å². The molecule has 0 aliphatic heterocycles. The summed E-state index contributed by atoms with van der Waals surface area (Å²) in [5.74, 6) is 0.00755. The minimum Gasteiger partial charge on any atom is -0.354 e. The van der Waals surface area contributed by atoms with Gasteiger partial charge >= 0.3 is 0 Å². The van der Waals surface area contributed by atoms with E-state index in [1.807, 2.05) is 35.0 Å². The molecule has 0 bridgehead atoms. The van der Waals surface area contributed by atoms with Crippen molar-refractivity contribution in [2.24, 2.45) is 0 Å². The van der Waals surface area contributed by atoms with Crippen LogP contribution in [0.1, 0.15) is 19.5 Å². The molecular weight excluding hydrogens is 240 g/mol.